The molecule has 2 aromatic heterocycles. The molecule has 0 amide bonds. The number of rotatable bonds is 4. The van der Waals surface area contributed by atoms with Crippen LogP contribution in [0.2, 0.25) is 0 Å². The van der Waals surface area contributed by atoms with Gasteiger partial charge in [0.25, 0.3) is 0 Å². The van der Waals surface area contributed by atoms with Crippen molar-refractivity contribution < 1.29 is 4.52 Å². The van der Waals surface area contributed by atoms with Crippen LogP contribution in [0, 0.1) is 11.8 Å². The summed E-state index contributed by atoms with van der Waals surface area (Å²) in [6.07, 6.45) is 5.52. The first-order valence-electron chi connectivity index (χ1n) is 6.99. The first kappa shape index (κ1) is 11.6. The van der Waals surface area contributed by atoms with Crippen molar-refractivity contribution in [2.45, 2.75) is 38.3 Å². The van der Waals surface area contributed by atoms with Gasteiger partial charge >= 0.3 is 0 Å². The van der Waals surface area contributed by atoms with Crippen LogP contribution in [0.3, 0.4) is 0 Å². The zero-order valence-corrected chi connectivity index (χ0v) is 11.5. The Bertz CT molecular complexity index is 551. The third kappa shape index (κ3) is 2.32. The molecule has 0 spiro atoms. The first-order valence-corrected chi connectivity index (χ1v) is 7.93. The van der Waals surface area contributed by atoms with Crippen molar-refractivity contribution in [1.82, 2.24) is 15.5 Å². The van der Waals surface area contributed by atoms with Gasteiger partial charge in [0.15, 0.2) is 0 Å². The molecule has 2 heterocycles. The van der Waals surface area contributed by atoms with Crippen molar-refractivity contribution in [2.75, 3.05) is 0 Å². The Morgan fingerprint density at radius 3 is 3.32 bits per heavy atom. The molecule has 3 atom stereocenters. The minimum Gasteiger partial charge on any atom is -0.338 e. The summed E-state index contributed by atoms with van der Waals surface area (Å²) >= 11 is 1.65. The fourth-order valence-electron chi connectivity index (χ4n) is 3.22. The van der Waals surface area contributed by atoms with Gasteiger partial charge in [-0.05, 0) is 36.1 Å². The Morgan fingerprint density at radius 2 is 2.42 bits per heavy atom. The predicted octanol–water partition coefficient (Wildman–Crippen LogP) is 3.08. The van der Waals surface area contributed by atoms with Crippen LogP contribution in [-0.2, 0) is 6.54 Å². The molecule has 1 N–H and O–H groups in total. The SMILES string of the molecule is c1cc(-c2noc(CNC3CCCC4CC43)n2)cs1. The molecule has 2 aliphatic carbocycles. The van der Waals surface area contributed by atoms with Crippen LogP contribution >= 0.6 is 11.3 Å². The Morgan fingerprint density at radius 1 is 1.42 bits per heavy atom. The van der Waals surface area contributed by atoms with E-state index in [9.17, 15) is 0 Å². The third-order valence-electron chi connectivity index (χ3n) is 4.35. The standard InChI is InChI=1S/C14H17N3OS/c1-2-9-6-11(9)12(3-1)15-7-13-16-14(17-18-13)10-4-5-19-8-10/h4-5,8-9,11-12,15H,1-3,6-7H2. The van der Waals surface area contributed by atoms with E-state index in [1.807, 2.05) is 16.8 Å². The number of nitrogens with one attached hydrogen (secondary N) is 1. The average molecular weight is 275 g/mol. The van der Waals surface area contributed by atoms with Gasteiger partial charge in [-0.2, -0.15) is 16.3 Å². The van der Waals surface area contributed by atoms with Gasteiger partial charge in [-0.25, -0.2) is 0 Å². The lowest BCUT2D eigenvalue weighted by Crippen LogP contribution is -2.33. The quantitative estimate of drug-likeness (QED) is 0.931. The molecule has 100 valence electrons. The van der Waals surface area contributed by atoms with Crippen molar-refractivity contribution in [3.63, 3.8) is 0 Å². The molecule has 0 aliphatic heterocycles. The number of thiophene rings is 1. The molecule has 3 unspecified atom stereocenters. The highest BCUT2D eigenvalue weighted by Crippen LogP contribution is 2.49. The molecule has 4 nitrogen and oxygen atoms in total. The molecule has 0 saturated heterocycles. The van der Waals surface area contributed by atoms with Gasteiger partial charge in [0.1, 0.15) is 0 Å². The maximum atomic E-state index is 5.31. The van der Waals surface area contributed by atoms with E-state index in [-0.39, 0.29) is 0 Å². The van der Waals surface area contributed by atoms with Gasteiger partial charge in [-0.15, -0.1) is 0 Å². The minimum absolute atomic E-state index is 0.662. The van der Waals surface area contributed by atoms with Crippen molar-refractivity contribution in [3.05, 3.63) is 22.7 Å². The molecule has 19 heavy (non-hydrogen) atoms. The molecule has 0 radical (unpaired) electrons. The summed E-state index contributed by atoms with van der Waals surface area (Å²) in [6.45, 7) is 0.699. The topological polar surface area (TPSA) is 51.0 Å². The molecule has 5 heteroatoms. The first-order chi connectivity index (χ1) is 9.40. The molecule has 2 saturated carbocycles. The van der Waals surface area contributed by atoms with E-state index in [1.165, 1.54) is 25.7 Å². The van der Waals surface area contributed by atoms with E-state index in [0.29, 0.717) is 24.3 Å². The van der Waals surface area contributed by atoms with Crippen molar-refractivity contribution in [1.29, 1.82) is 0 Å². The molecule has 2 aromatic rings. The molecule has 2 aliphatic rings. The van der Waals surface area contributed by atoms with Gasteiger partial charge < -0.3 is 9.84 Å². The maximum absolute atomic E-state index is 5.31. The third-order valence-corrected chi connectivity index (χ3v) is 5.03. The van der Waals surface area contributed by atoms with Crippen molar-refractivity contribution in [2.24, 2.45) is 11.8 Å². The van der Waals surface area contributed by atoms with Crippen LogP contribution in [0.15, 0.2) is 21.3 Å². The van der Waals surface area contributed by atoms with Gasteiger partial charge in [-0.1, -0.05) is 18.0 Å². The normalized spacial score (nSPS) is 29.2. The van der Waals surface area contributed by atoms with Gasteiger partial charge in [0.05, 0.1) is 6.54 Å². The van der Waals surface area contributed by atoms with Crippen LogP contribution in [0.1, 0.15) is 31.6 Å². The summed E-state index contributed by atoms with van der Waals surface area (Å²) < 4.78 is 5.31. The van der Waals surface area contributed by atoms with Crippen LogP contribution < -0.4 is 5.32 Å². The molecular formula is C14H17N3OS. The Hall–Kier alpha value is -1.20. The monoisotopic (exact) mass is 275 g/mol. The predicted molar refractivity (Wildman–Crippen MR) is 73.7 cm³/mol. The molecule has 0 aromatic carbocycles. The average Bonchev–Trinajstić information content (AvgIpc) is 2.87. The van der Waals surface area contributed by atoms with Crippen LogP contribution in [0.5, 0.6) is 0 Å². The van der Waals surface area contributed by atoms with Gasteiger partial charge in [-0.3, -0.25) is 0 Å². The smallest absolute Gasteiger partial charge is 0.240 e. The summed E-state index contributed by atoms with van der Waals surface area (Å²) in [5.41, 5.74) is 1.04. The second kappa shape index (κ2) is 4.72. The lowest BCUT2D eigenvalue weighted by atomic mass is 9.95. The van der Waals surface area contributed by atoms with Crippen molar-refractivity contribution in [3.8, 4) is 11.4 Å². The van der Waals surface area contributed by atoms with E-state index < -0.39 is 0 Å². The summed E-state index contributed by atoms with van der Waals surface area (Å²) in [4.78, 5) is 4.44. The van der Waals surface area contributed by atoms with E-state index in [4.69, 9.17) is 4.52 Å². The highest BCUT2D eigenvalue weighted by molar-refractivity contribution is 7.08. The molecule has 0 bridgehead atoms. The van der Waals surface area contributed by atoms with Crippen LogP contribution in [0.25, 0.3) is 11.4 Å². The maximum Gasteiger partial charge on any atom is 0.240 e. The summed E-state index contributed by atoms with van der Waals surface area (Å²) in [6, 6.07) is 2.68. The fourth-order valence-corrected chi connectivity index (χ4v) is 3.85. The molecule has 4 rings (SSSR count). The zero-order valence-electron chi connectivity index (χ0n) is 10.7. The van der Waals surface area contributed by atoms with Crippen molar-refractivity contribution >= 4 is 11.3 Å². The van der Waals surface area contributed by atoms with E-state index >= 15 is 0 Å². The number of aromatic nitrogens is 2. The fraction of sp³-hybridized carbons (Fsp3) is 0.571. The summed E-state index contributed by atoms with van der Waals surface area (Å²) in [5, 5.41) is 11.7. The molecular weight excluding hydrogens is 258 g/mol. The van der Waals surface area contributed by atoms with E-state index in [2.05, 4.69) is 15.5 Å². The van der Waals surface area contributed by atoms with Crippen LogP contribution in [-0.4, -0.2) is 16.2 Å². The zero-order chi connectivity index (χ0) is 12.7. The van der Waals surface area contributed by atoms with Gasteiger partial charge in [0, 0.05) is 17.0 Å². The number of fused-ring (bicyclic) bond motifs is 1. The van der Waals surface area contributed by atoms with E-state index in [0.717, 1.165) is 17.4 Å². The summed E-state index contributed by atoms with van der Waals surface area (Å²) in [7, 11) is 0. The second-order valence-electron chi connectivity index (χ2n) is 5.60. The Kier molecular flexibility index (Phi) is 2.89. The number of nitrogens with zero attached hydrogens (tertiary/aromatic N) is 2. The minimum atomic E-state index is 0.662. The lowest BCUT2D eigenvalue weighted by molar-refractivity contribution is 0.316. The summed E-state index contributed by atoms with van der Waals surface area (Å²) in [5.74, 6) is 3.30. The van der Waals surface area contributed by atoms with Gasteiger partial charge in [0.2, 0.25) is 11.7 Å². The molecule has 2 fully saturated rings. The van der Waals surface area contributed by atoms with Crippen LogP contribution in [0.4, 0.5) is 0 Å². The number of hydrogen-bond acceptors (Lipinski definition) is 5. The second-order valence-corrected chi connectivity index (χ2v) is 6.38. The van der Waals surface area contributed by atoms with E-state index in [1.54, 1.807) is 11.3 Å². The largest absolute Gasteiger partial charge is 0.338 e. The number of hydrogen-bond donors (Lipinski definition) is 1. The Labute approximate surface area is 116 Å². The lowest BCUT2D eigenvalue weighted by Gasteiger charge is -2.21. The highest BCUT2D eigenvalue weighted by atomic mass is 32.1. The Balaban J connectivity index is 1.38. The highest BCUT2D eigenvalue weighted by Gasteiger charge is 2.44.